The van der Waals surface area contributed by atoms with E-state index in [9.17, 15) is 14.4 Å². The summed E-state index contributed by atoms with van der Waals surface area (Å²) in [4.78, 5) is 37.5. The maximum Gasteiger partial charge on any atom is 0.309 e. The fourth-order valence-corrected chi connectivity index (χ4v) is 5.22. The van der Waals surface area contributed by atoms with Gasteiger partial charge in [-0.15, -0.1) is 0 Å². The predicted octanol–water partition coefficient (Wildman–Crippen LogP) is 13.3. The molecule has 0 aromatic carbocycles. The Bertz CT molecular complexity index is 1080. The van der Waals surface area contributed by atoms with Gasteiger partial charge in [0.1, 0.15) is 13.2 Å². The monoisotopic (exact) mass is 737 g/mol. The van der Waals surface area contributed by atoms with E-state index in [4.69, 9.17) is 14.2 Å². The van der Waals surface area contributed by atoms with Crippen LogP contribution in [0.25, 0.3) is 0 Å². The molecule has 0 N–H and O–H groups in total. The van der Waals surface area contributed by atoms with Crippen LogP contribution in [0, 0.1) is 0 Å². The van der Waals surface area contributed by atoms with Crippen molar-refractivity contribution in [2.45, 2.75) is 181 Å². The molecule has 0 saturated carbocycles. The van der Waals surface area contributed by atoms with Crippen LogP contribution in [0.3, 0.4) is 0 Å². The minimum atomic E-state index is -0.820. The van der Waals surface area contributed by atoms with E-state index in [-0.39, 0.29) is 31.6 Å². The molecule has 53 heavy (non-hydrogen) atoms. The van der Waals surface area contributed by atoms with Crippen molar-refractivity contribution in [3.8, 4) is 0 Å². The third-order valence-corrected chi connectivity index (χ3v) is 8.35. The van der Waals surface area contributed by atoms with Gasteiger partial charge in [-0.25, -0.2) is 0 Å². The molecule has 0 aromatic heterocycles. The van der Waals surface area contributed by atoms with Gasteiger partial charge < -0.3 is 14.2 Å². The van der Waals surface area contributed by atoms with Crippen molar-refractivity contribution in [3.05, 3.63) is 85.1 Å². The van der Waals surface area contributed by atoms with Gasteiger partial charge in [-0.05, 0) is 83.5 Å². The summed E-state index contributed by atoms with van der Waals surface area (Å²) >= 11 is 0. The van der Waals surface area contributed by atoms with E-state index in [1.165, 1.54) is 25.7 Å². The molecule has 0 rings (SSSR count). The van der Waals surface area contributed by atoms with E-state index < -0.39 is 12.1 Å². The molecule has 1 unspecified atom stereocenters. The zero-order valence-corrected chi connectivity index (χ0v) is 34.0. The first-order chi connectivity index (χ1) is 26.0. The largest absolute Gasteiger partial charge is 0.462 e. The lowest BCUT2D eigenvalue weighted by molar-refractivity contribution is -0.166. The summed E-state index contributed by atoms with van der Waals surface area (Å²) in [7, 11) is 0. The van der Waals surface area contributed by atoms with E-state index in [1.54, 1.807) is 6.08 Å². The molecular weight excluding hydrogens is 661 g/mol. The molecule has 0 fully saturated rings. The van der Waals surface area contributed by atoms with Crippen molar-refractivity contribution < 1.29 is 28.6 Å². The summed E-state index contributed by atoms with van der Waals surface area (Å²) in [6, 6.07) is 0. The van der Waals surface area contributed by atoms with Crippen LogP contribution in [-0.4, -0.2) is 37.2 Å². The van der Waals surface area contributed by atoms with Gasteiger partial charge in [0.05, 0.1) is 6.42 Å². The first-order valence-electron chi connectivity index (χ1n) is 21.1. The summed E-state index contributed by atoms with van der Waals surface area (Å²) in [5.74, 6) is -1.08. The molecule has 0 spiro atoms. The van der Waals surface area contributed by atoms with Crippen molar-refractivity contribution in [2.24, 2.45) is 0 Å². The maximum atomic E-state index is 12.6. The standard InChI is InChI=1S/C47H76O6/c1-4-7-10-13-16-19-22-23-24-25-26-29-31-34-37-40-46(49)52-43-44(53-47(50)41-38-35-32-28-21-18-15-12-9-6-3)42-51-45(48)39-36-33-30-27-20-17-14-11-8-5-2/h7,10-12,14-16,19,23-24,26,29,34,37,44H,4-6,8-9,13,17-18,20-22,25,27-28,30-33,35-36,38-43H2,1-3H3/b10-7-,14-11-,15-12-,19-16-,24-23-,29-26-,37-34-. The molecule has 0 aliphatic carbocycles. The van der Waals surface area contributed by atoms with Crippen LogP contribution < -0.4 is 0 Å². The smallest absolute Gasteiger partial charge is 0.309 e. The number of carbonyl (C=O) groups excluding carboxylic acids is 3. The van der Waals surface area contributed by atoms with Crippen molar-refractivity contribution in [1.29, 1.82) is 0 Å². The van der Waals surface area contributed by atoms with Gasteiger partial charge in [0.15, 0.2) is 6.10 Å². The molecule has 0 bridgehead atoms. The molecule has 0 aromatic rings. The van der Waals surface area contributed by atoms with E-state index in [1.807, 2.05) is 6.08 Å². The molecule has 300 valence electrons. The molecule has 0 aliphatic heterocycles. The maximum absolute atomic E-state index is 12.6. The first kappa shape index (κ1) is 49.6. The zero-order chi connectivity index (χ0) is 38.7. The van der Waals surface area contributed by atoms with Crippen LogP contribution in [0.15, 0.2) is 85.1 Å². The van der Waals surface area contributed by atoms with Gasteiger partial charge in [-0.2, -0.15) is 0 Å². The van der Waals surface area contributed by atoms with Crippen molar-refractivity contribution in [1.82, 2.24) is 0 Å². The second-order valence-corrected chi connectivity index (χ2v) is 13.5. The van der Waals surface area contributed by atoms with E-state index >= 15 is 0 Å². The Labute approximate surface area is 325 Å². The number of allylic oxidation sites excluding steroid dienone is 13. The van der Waals surface area contributed by atoms with Gasteiger partial charge in [0.25, 0.3) is 0 Å². The number of hydrogen-bond donors (Lipinski definition) is 0. The Morgan fingerprint density at radius 3 is 1.30 bits per heavy atom. The SMILES string of the molecule is CC/C=C\C/C=C\C/C=C\C/C=C\C/C=C\CC(=O)OCC(COC(=O)CCCCCCC/C=C\CCC)OC(=O)CCCCCCC/C=C\CCC. The third-order valence-electron chi connectivity index (χ3n) is 8.35. The Balaban J connectivity index is 4.54. The molecule has 6 nitrogen and oxygen atoms in total. The van der Waals surface area contributed by atoms with Crippen molar-refractivity contribution in [2.75, 3.05) is 13.2 Å². The van der Waals surface area contributed by atoms with E-state index in [0.717, 1.165) is 109 Å². The summed E-state index contributed by atoms with van der Waals surface area (Å²) in [5.41, 5.74) is 0. The molecule has 0 heterocycles. The van der Waals surface area contributed by atoms with Crippen LogP contribution in [-0.2, 0) is 28.6 Å². The third kappa shape index (κ3) is 39.6. The molecule has 6 heteroatoms. The number of esters is 3. The average molecular weight is 737 g/mol. The highest BCUT2D eigenvalue weighted by Gasteiger charge is 2.19. The van der Waals surface area contributed by atoms with Gasteiger partial charge >= 0.3 is 17.9 Å². The molecule has 0 aliphatic rings. The molecule has 1 atom stereocenters. The summed E-state index contributed by atoms with van der Waals surface area (Å²) in [6.45, 7) is 6.25. The quantitative estimate of drug-likeness (QED) is 0.0276. The van der Waals surface area contributed by atoms with Crippen LogP contribution in [0.2, 0.25) is 0 Å². The Kier molecular flexibility index (Phi) is 38.7. The number of ether oxygens (including phenoxy) is 3. The number of rotatable bonds is 36. The highest BCUT2D eigenvalue weighted by Crippen LogP contribution is 2.12. The van der Waals surface area contributed by atoms with E-state index in [2.05, 4.69) is 93.7 Å². The van der Waals surface area contributed by atoms with Gasteiger partial charge in [0, 0.05) is 12.8 Å². The summed E-state index contributed by atoms with van der Waals surface area (Å²) in [6.07, 6.45) is 51.7. The average Bonchev–Trinajstić information content (AvgIpc) is 3.15. The number of hydrogen-bond acceptors (Lipinski definition) is 6. The fourth-order valence-electron chi connectivity index (χ4n) is 5.22. The lowest BCUT2D eigenvalue weighted by Crippen LogP contribution is -2.30. The van der Waals surface area contributed by atoms with Crippen molar-refractivity contribution >= 4 is 17.9 Å². The topological polar surface area (TPSA) is 78.9 Å². The van der Waals surface area contributed by atoms with E-state index in [0.29, 0.717) is 12.8 Å². The Morgan fingerprint density at radius 1 is 0.415 bits per heavy atom. The highest BCUT2D eigenvalue weighted by molar-refractivity contribution is 5.72. The van der Waals surface area contributed by atoms with Crippen LogP contribution >= 0.6 is 0 Å². The number of carbonyl (C=O) groups is 3. The molecule has 0 radical (unpaired) electrons. The molecule has 0 saturated heterocycles. The predicted molar refractivity (Wildman–Crippen MR) is 224 cm³/mol. The number of unbranched alkanes of at least 4 members (excludes halogenated alkanes) is 12. The first-order valence-corrected chi connectivity index (χ1v) is 21.1. The minimum Gasteiger partial charge on any atom is -0.462 e. The second kappa shape index (κ2) is 41.3. The van der Waals surface area contributed by atoms with Crippen molar-refractivity contribution in [3.63, 3.8) is 0 Å². The van der Waals surface area contributed by atoms with Gasteiger partial charge in [-0.3, -0.25) is 14.4 Å². The lowest BCUT2D eigenvalue weighted by atomic mass is 10.1. The Morgan fingerprint density at radius 2 is 0.811 bits per heavy atom. The van der Waals surface area contributed by atoms with Crippen LogP contribution in [0.5, 0.6) is 0 Å². The normalized spacial score (nSPS) is 12.9. The zero-order valence-electron chi connectivity index (χ0n) is 34.0. The lowest BCUT2D eigenvalue weighted by Gasteiger charge is -2.18. The van der Waals surface area contributed by atoms with Crippen LogP contribution in [0.1, 0.15) is 175 Å². The fraction of sp³-hybridized carbons (Fsp3) is 0.638. The second-order valence-electron chi connectivity index (χ2n) is 13.5. The molecular formula is C47H76O6. The van der Waals surface area contributed by atoms with Gasteiger partial charge in [-0.1, -0.05) is 157 Å². The van der Waals surface area contributed by atoms with Crippen LogP contribution in [0.4, 0.5) is 0 Å². The summed E-state index contributed by atoms with van der Waals surface area (Å²) in [5, 5.41) is 0. The minimum absolute atomic E-state index is 0.116. The molecule has 0 amide bonds. The summed E-state index contributed by atoms with van der Waals surface area (Å²) < 4.78 is 16.5. The Hall–Kier alpha value is -3.41. The van der Waals surface area contributed by atoms with Gasteiger partial charge in [0.2, 0.25) is 0 Å². The highest BCUT2D eigenvalue weighted by atomic mass is 16.6.